The molecule has 96 valence electrons. The molecule has 4 nitrogen and oxygen atoms in total. The zero-order chi connectivity index (χ0) is 12.7. The first-order valence-electron chi connectivity index (χ1n) is 6.38. The Bertz CT molecular complexity index is 390. The predicted molar refractivity (Wildman–Crippen MR) is 66.8 cm³/mol. The second-order valence-electron chi connectivity index (χ2n) is 6.69. The van der Waals surface area contributed by atoms with Gasteiger partial charge >= 0.3 is 0 Å². The van der Waals surface area contributed by atoms with E-state index in [-0.39, 0.29) is 16.9 Å². The van der Waals surface area contributed by atoms with E-state index in [4.69, 9.17) is 4.52 Å². The van der Waals surface area contributed by atoms with Crippen molar-refractivity contribution < 1.29 is 4.52 Å². The minimum atomic E-state index is -0.0550. The van der Waals surface area contributed by atoms with E-state index < -0.39 is 0 Å². The van der Waals surface area contributed by atoms with Crippen molar-refractivity contribution in [3.8, 4) is 0 Å². The molecule has 0 bridgehead atoms. The fourth-order valence-electron chi connectivity index (χ4n) is 2.29. The van der Waals surface area contributed by atoms with Crippen molar-refractivity contribution in [3.63, 3.8) is 0 Å². The predicted octanol–water partition coefficient (Wildman–Crippen LogP) is 2.82. The maximum absolute atomic E-state index is 5.44. The van der Waals surface area contributed by atoms with Crippen molar-refractivity contribution in [1.82, 2.24) is 15.5 Å². The molecule has 1 aromatic heterocycles. The number of nitrogens with one attached hydrogen (secondary N) is 1. The number of hydrogen-bond donors (Lipinski definition) is 1. The van der Waals surface area contributed by atoms with Gasteiger partial charge < -0.3 is 9.84 Å². The first-order valence-corrected chi connectivity index (χ1v) is 6.38. The average molecular weight is 237 g/mol. The lowest BCUT2D eigenvalue weighted by atomic mass is 9.77. The Labute approximate surface area is 103 Å². The van der Waals surface area contributed by atoms with Crippen molar-refractivity contribution in [2.24, 2.45) is 5.41 Å². The lowest BCUT2D eigenvalue weighted by Gasteiger charge is -2.36. The van der Waals surface area contributed by atoms with Gasteiger partial charge in [-0.2, -0.15) is 4.98 Å². The van der Waals surface area contributed by atoms with Crippen LogP contribution in [0.4, 0.5) is 0 Å². The Kier molecular flexibility index (Phi) is 3.02. The van der Waals surface area contributed by atoms with Gasteiger partial charge in [0.05, 0.1) is 6.04 Å². The summed E-state index contributed by atoms with van der Waals surface area (Å²) in [5.74, 6) is 1.52. The van der Waals surface area contributed by atoms with Crippen LogP contribution < -0.4 is 5.32 Å². The fraction of sp³-hybridized carbons (Fsp3) is 0.846. The topological polar surface area (TPSA) is 51.0 Å². The zero-order valence-corrected chi connectivity index (χ0v) is 11.5. The second kappa shape index (κ2) is 4.09. The lowest BCUT2D eigenvalue weighted by molar-refractivity contribution is 0.146. The molecule has 0 spiro atoms. The summed E-state index contributed by atoms with van der Waals surface area (Å²) >= 11 is 0. The third kappa shape index (κ3) is 2.51. The number of piperidine rings is 1. The molecule has 1 saturated heterocycles. The molecule has 0 amide bonds. The van der Waals surface area contributed by atoms with Crippen molar-refractivity contribution >= 4 is 0 Å². The van der Waals surface area contributed by atoms with Gasteiger partial charge in [-0.3, -0.25) is 0 Å². The molecule has 2 heterocycles. The molecule has 1 unspecified atom stereocenters. The number of rotatable bonds is 1. The Balaban J connectivity index is 2.25. The summed E-state index contributed by atoms with van der Waals surface area (Å²) < 4.78 is 5.44. The van der Waals surface area contributed by atoms with Crippen LogP contribution in [-0.4, -0.2) is 16.7 Å². The van der Waals surface area contributed by atoms with Gasteiger partial charge in [0, 0.05) is 5.41 Å². The van der Waals surface area contributed by atoms with E-state index in [0.717, 1.165) is 18.3 Å². The van der Waals surface area contributed by atoms with Gasteiger partial charge in [0.25, 0.3) is 0 Å². The van der Waals surface area contributed by atoms with Gasteiger partial charge in [-0.25, -0.2) is 0 Å². The molecule has 17 heavy (non-hydrogen) atoms. The summed E-state index contributed by atoms with van der Waals surface area (Å²) in [5, 5.41) is 7.60. The smallest absolute Gasteiger partial charge is 0.244 e. The zero-order valence-electron chi connectivity index (χ0n) is 11.5. The van der Waals surface area contributed by atoms with E-state index in [1.54, 1.807) is 0 Å². The summed E-state index contributed by atoms with van der Waals surface area (Å²) in [6.45, 7) is 11.8. The normalized spacial score (nSPS) is 24.9. The van der Waals surface area contributed by atoms with Crippen molar-refractivity contribution in [2.45, 2.75) is 58.9 Å². The quantitative estimate of drug-likeness (QED) is 0.816. The summed E-state index contributed by atoms with van der Waals surface area (Å²) in [6.07, 6.45) is 2.40. The van der Waals surface area contributed by atoms with E-state index in [1.807, 2.05) is 0 Å². The highest BCUT2D eigenvalue weighted by Gasteiger charge is 2.37. The van der Waals surface area contributed by atoms with E-state index in [1.165, 1.54) is 12.8 Å². The van der Waals surface area contributed by atoms with E-state index >= 15 is 0 Å². The highest BCUT2D eigenvalue weighted by atomic mass is 16.5. The highest BCUT2D eigenvalue weighted by molar-refractivity contribution is 5.05. The average Bonchev–Trinajstić information content (AvgIpc) is 2.65. The number of nitrogens with zero attached hydrogens (tertiary/aromatic N) is 2. The van der Waals surface area contributed by atoms with Gasteiger partial charge in [-0.05, 0) is 24.8 Å². The van der Waals surface area contributed by atoms with Crippen LogP contribution in [0.3, 0.4) is 0 Å². The van der Waals surface area contributed by atoms with Crippen molar-refractivity contribution in [2.75, 3.05) is 6.54 Å². The van der Waals surface area contributed by atoms with Gasteiger partial charge in [0.15, 0.2) is 5.82 Å². The number of hydrogen-bond acceptors (Lipinski definition) is 4. The SMILES string of the molecule is CC(C)(C)c1noc(C2NCCCC2(C)C)n1. The summed E-state index contributed by atoms with van der Waals surface area (Å²) in [5.41, 5.74) is 0.125. The van der Waals surface area contributed by atoms with E-state index in [2.05, 4.69) is 50.1 Å². The van der Waals surface area contributed by atoms with Crippen LogP contribution in [0.25, 0.3) is 0 Å². The molecule has 0 saturated carbocycles. The van der Waals surface area contributed by atoms with Gasteiger partial charge in [0.1, 0.15) is 0 Å². The summed E-state index contributed by atoms with van der Waals surface area (Å²) in [6, 6.07) is 0.180. The van der Waals surface area contributed by atoms with Crippen LogP contribution in [0, 0.1) is 5.41 Å². The first-order chi connectivity index (χ1) is 7.81. The molecule has 0 radical (unpaired) electrons. The Morgan fingerprint density at radius 2 is 2.06 bits per heavy atom. The minimum absolute atomic E-state index is 0.0550. The molecule has 4 heteroatoms. The molecule has 1 aromatic rings. The lowest BCUT2D eigenvalue weighted by Crippen LogP contribution is -2.40. The third-order valence-electron chi connectivity index (χ3n) is 3.49. The molecule has 2 rings (SSSR count). The van der Waals surface area contributed by atoms with Crippen LogP contribution in [0.15, 0.2) is 4.52 Å². The van der Waals surface area contributed by atoms with Crippen LogP contribution in [0.2, 0.25) is 0 Å². The molecular weight excluding hydrogens is 214 g/mol. The molecule has 0 aliphatic carbocycles. The van der Waals surface area contributed by atoms with Crippen LogP contribution >= 0.6 is 0 Å². The van der Waals surface area contributed by atoms with Gasteiger partial charge in [-0.1, -0.05) is 39.8 Å². The summed E-state index contributed by atoms with van der Waals surface area (Å²) in [4.78, 5) is 4.56. The maximum Gasteiger partial charge on any atom is 0.244 e. The van der Waals surface area contributed by atoms with Crippen molar-refractivity contribution in [3.05, 3.63) is 11.7 Å². The van der Waals surface area contributed by atoms with Crippen molar-refractivity contribution in [1.29, 1.82) is 0 Å². The van der Waals surface area contributed by atoms with Crippen LogP contribution in [-0.2, 0) is 5.41 Å². The highest BCUT2D eigenvalue weighted by Crippen LogP contribution is 2.39. The Morgan fingerprint density at radius 3 is 2.59 bits per heavy atom. The third-order valence-corrected chi connectivity index (χ3v) is 3.49. The molecule has 0 aromatic carbocycles. The number of aromatic nitrogens is 2. The van der Waals surface area contributed by atoms with E-state index in [9.17, 15) is 0 Å². The molecule has 1 fully saturated rings. The standard InChI is InChI=1S/C13H23N3O/c1-12(2,3)11-15-10(17-16-11)9-13(4,5)7-6-8-14-9/h9,14H,6-8H2,1-5H3. The van der Waals surface area contributed by atoms with Gasteiger partial charge in [-0.15, -0.1) is 0 Å². The van der Waals surface area contributed by atoms with E-state index in [0.29, 0.717) is 0 Å². The molecule has 1 N–H and O–H groups in total. The minimum Gasteiger partial charge on any atom is -0.338 e. The maximum atomic E-state index is 5.44. The molecule has 1 aliphatic rings. The second-order valence-corrected chi connectivity index (χ2v) is 6.69. The molecule has 1 aliphatic heterocycles. The van der Waals surface area contributed by atoms with Gasteiger partial charge in [0.2, 0.25) is 5.89 Å². The molecule has 1 atom stereocenters. The van der Waals surface area contributed by atoms with Crippen LogP contribution in [0.5, 0.6) is 0 Å². The fourth-order valence-corrected chi connectivity index (χ4v) is 2.29. The first kappa shape index (κ1) is 12.6. The Morgan fingerprint density at radius 1 is 1.35 bits per heavy atom. The Hall–Kier alpha value is -0.900. The largest absolute Gasteiger partial charge is 0.338 e. The van der Waals surface area contributed by atoms with Crippen LogP contribution in [0.1, 0.15) is 65.2 Å². The molecular formula is C13H23N3O. The monoisotopic (exact) mass is 237 g/mol. The summed E-state index contributed by atoms with van der Waals surface area (Å²) in [7, 11) is 0.